The number of rotatable bonds is 8. The Morgan fingerprint density at radius 3 is 2.47 bits per heavy atom. The highest BCUT2D eigenvalue weighted by molar-refractivity contribution is 5.71. The molecule has 0 fully saturated rings. The van der Waals surface area contributed by atoms with Crippen LogP contribution in [0.25, 0.3) is 0 Å². The molecule has 108 valence electrons. The number of hydrogen-bond donors (Lipinski definition) is 2. The molecule has 3 atom stereocenters. The predicted molar refractivity (Wildman–Crippen MR) is 72.9 cm³/mol. The van der Waals surface area contributed by atoms with Crippen LogP contribution in [0.1, 0.15) is 51.9 Å². The summed E-state index contributed by atoms with van der Waals surface area (Å²) in [6.45, 7) is 2.11. The molecule has 0 aromatic heterocycles. The standard InChI is InChI=1S/C15H24O4/c1-2-3-6-12-9-8-11(5-4-7-14(16)17)10-13(12)15(18)19/h8-9,11-13H,2-7,10H2,1H3,(H,16,17)(H,18,19). The summed E-state index contributed by atoms with van der Waals surface area (Å²) >= 11 is 0. The molecule has 0 saturated carbocycles. The molecule has 0 saturated heterocycles. The van der Waals surface area contributed by atoms with Gasteiger partial charge >= 0.3 is 11.9 Å². The van der Waals surface area contributed by atoms with Crippen LogP contribution < -0.4 is 0 Å². The van der Waals surface area contributed by atoms with Gasteiger partial charge in [-0.15, -0.1) is 0 Å². The van der Waals surface area contributed by atoms with Crippen molar-refractivity contribution in [1.29, 1.82) is 0 Å². The molecule has 4 heteroatoms. The molecule has 0 radical (unpaired) electrons. The molecule has 4 nitrogen and oxygen atoms in total. The summed E-state index contributed by atoms with van der Waals surface area (Å²) in [6, 6.07) is 0. The van der Waals surface area contributed by atoms with E-state index in [1.807, 2.05) is 6.08 Å². The van der Waals surface area contributed by atoms with Crippen LogP contribution in [-0.2, 0) is 9.59 Å². The lowest BCUT2D eigenvalue weighted by atomic mass is 9.75. The first-order valence-electron chi connectivity index (χ1n) is 7.17. The zero-order chi connectivity index (χ0) is 14.3. The summed E-state index contributed by atoms with van der Waals surface area (Å²) in [5.74, 6) is -1.43. The van der Waals surface area contributed by atoms with Gasteiger partial charge in [0, 0.05) is 6.42 Å². The van der Waals surface area contributed by atoms with Crippen LogP contribution >= 0.6 is 0 Å². The van der Waals surface area contributed by atoms with E-state index in [0.717, 1.165) is 25.7 Å². The maximum atomic E-state index is 11.3. The molecule has 0 amide bonds. The van der Waals surface area contributed by atoms with Gasteiger partial charge < -0.3 is 10.2 Å². The molecule has 0 aliphatic heterocycles. The quantitative estimate of drug-likeness (QED) is 0.662. The summed E-state index contributed by atoms with van der Waals surface area (Å²) in [5.41, 5.74) is 0. The van der Waals surface area contributed by atoms with E-state index in [2.05, 4.69) is 13.0 Å². The fourth-order valence-electron chi connectivity index (χ4n) is 2.76. The van der Waals surface area contributed by atoms with Crippen molar-refractivity contribution < 1.29 is 19.8 Å². The molecule has 1 aliphatic rings. The van der Waals surface area contributed by atoms with E-state index in [1.54, 1.807) is 0 Å². The van der Waals surface area contributed by atoms with Crippen LogP contribution in [-0.4, -0.2) is 22.2 Å². The van der Waals surface area contributed by atoms with Gasteiger partial charge in [0.15, 0.2) is 0 Å². The Balaban J connectivity index is 2.51. The Kier molecular flexibility index (Phi) is 6.60. The molecule has 0 bridgehead atoms. The summed E-state index contributed by atoms with van der Waals surface area (Å²) in [6.07, 6.45) is 9.43. The molecule has 2 N–H and O–H groups in total. The van der Waals surface area contributed by atoms with E-state index in [9.17, 15) is 14.7 Å². The number of carbonyl (C=O) groups is 2. The van der Waals surface area contributed by atoms with E-state index in [1.165, 1.54) is 0 Å². The summed E-state index contributed by atoms with van der Waals surface area (Å²) in [4.78, 5) is 21.8. The summed E-state index contributed by atoms with van der Waals surface area (Å²) < 4.78 is 0. The van der Waals surface area contributed by atoms with Gasteiger partial charge in [0.2, 0.25) is 0 Å². The molecule has 1 rings (SSSR count). The molecular formula is C15H24O4. The highest BCUT2D eigenvalue weighted by atomic mass is 16.4. The summed E-state index contributed by atoms with van der Waals surface area (Å²) in [7, 11) is 0. The van der Waals surface area contributed by atoms with Gasteiger partial charge in [0.1, 0.15) is 0 Å². The first-order valence-corrected chi connectivity index (χ1v) is 7.17. The van der Waals surface area contributed by atoms with E-state index in [-0.39, 0.29) is 24.2 Å². The van der Waals surface area contributed by atoms with Crippen molar-refractivity contribution in [2.45, 2.75) is 51.9 Å². The van der Waals surface area contributed by atoms with Crippen LogP contribution in [0.3, 0.4) is 0 Å². The Bertz CT molecular complexity index is 335. The average molecular weight is 268 g/mol. The molecule has 0 heterocycles. The smallest absolute Gasteiger partial charge is 0.307 e. The topological polar surface area (TPSA) is 74.6 Å². The molecule has 19 heavy (non-hydrogen) atoms. The fraction of sp³-hybridized carbons (Fsp3) is 0.733. The Hall–Kier alpha value is -1.32. The normalized spacial score (nSPS) is 26.3. The largest absolute Gasteiger partial charge is 0.481 e. The van der Waals surface area contributed by atoms with Crippen molar-refractivity contribution in [2.24, 2.45) is 17.8 Å². The second-order valence-corrected chi connectivity index (χ2v) is 5.42. The lowest BCUT2D eigenvalue weighted by Gasteiger charge is -2.29. The third kappa shape index (κ3) is 5.45. The van der Waals surface area contributed by atoms with Gasteiger partial charge in [0.25, 0.3) is 0 Å². The Labute approximate surface area is 114 Å². The van der Waals surface area contributed by atoms with Gasteiger partial charge in [0.05, 0.1) is 5.92 Å². The molecule has 0 aromatic carbocycles. The summed E-state index contributed by atoms with van der Waals surface area (Å²) in [5, 5.41) is 17.9. The van der Waals surface area contributed by atoms with Gasteiger partial charge in [-0.1, -0.05) is 31.9 Å². The van der Waals surface area contributed by atoms with Crippen LogP contribution in [0.5, 0.6) is 0 Å². The van der Waals surface area contributed by atoms with E-state index >= 15 is 0 Å². The third-order valence-corrected chi connectivity index (χ3v) is 3.88. The maximum Gasteiger partial charge on any atom is 0.307 e. The van der Waals surface area contributed by atoms with Crippen LogP contribution in [0.4, 0.5) is 0 Å². The fourth-order valence-corrected chi connectivity index (χ4v) is 2.76. The van der Waals surface area contributed by atoms with Crippen molar-refractivity contribution >= 4 is 11.9 Å². The highest BCUT2D eigenvalue weighted by Crippen LogP contribution is 2.34. The van der Waals surface area contributed by atoms with Gasteiger partial charge in [-0.2, -0.15) is 0 Å². The second kappa shape index (κ2) is 7.97. The first-order chi connectivity index (χ1) is 9.04. The maximum absolute atomic E-state index is 11.3. The van der Waals surface area contributed by atoms with Crippen LogP contribution in [0.2, 0.25) is 0 Å². The second-order valence-electron chi connectivity index (χ2n) is 5.42. The van der Waals surface area contributed by atoms with Crippen molar-refractivity contribution in [3.63, 3.8) is 0 Å². The van der Waals surface area contributed by atoms with Crippen LogP contribution in [0, 0.1) is 17.8 Å². The van der Waals surface area contributed by atoms with Gasteiger partial charge in [-0.05, 0) is 37.5 Å². The van der Waals surface area contributed by atoms with Crippen molar-refractivity contribution in [1.82, 2.24) is 0 Å². The first kappa shape index (κ1) is 15.7. The number of unbranched alkanes of at least 4 members (excludes halogenated alkanes) is 1. The minimum absolute atomic E-state index is 0.146. The molecular weight excluding hydrogens is 244 g/mol. The Morgan fingerprint density at radius 1 is 1.16 bits per heavy atom. The van der Waals surface area contributed by atoms with Crippen molar-refractivity contribution in [3.05, 3.63) is 12.2 Å². The number of aliphatic carboxylic acids is 2. The monoisotopic (exact) mass is 268 g/mol. The van der Waals surface area contributed by atoms with Gasteiger partial charge in [-0.25, -0.2) is 0 Å². The number of allylic oxidation sites excluding steroid dienone is 2. The third-order valence-electron chi connectivity index (χ3n) is 3.88. The predicted octanol–water partition coefficient (Wildman–Crippen LogP) is 3.32. The van der Waals surface area contributed by atoms with Crippen molar-refractivity contribution in [3.8, 4) is 0 Å². The van der Waals surface area contributed by atoms with E-state index in [0.29, 0.717) is 12.8 Å². The number of carboxylic acid groups (broad SMARTS) is 2. The average Bonchev–Trinajstić information content (AvgIpc) is 2.36. The lowest BCUT2D eigenvalue weighted by molar-refractivity contribution is -0.144. The highest BCUT2D eigenvalue weighted by Gasteiger charge is 2.31. The minimum Gasteiger partial charge on any atom is -0.481 e. The molecule has 0 spiro atoms. The zero-order valence-corrected chi connectivity index (χ0v) is 11.5. The van der Waals surface area contributed by atoms with E-state index < -0.39 is 11.9 Å². The molecule has 3 unspecified atom stereocenters. The number of hydrogen-bond acceptors (Lipinski definition) is 2. The molecule has 0 aromatic rings. The van der Waals surface area contributed by atoms with Crippen molar-refractivity contribution in [2.75, 3.05) is 0 Å². The minimum atomic E-state index is -0.782. The van der Waals surface area contributed by atoms with Gasteiger partial charge in [-0.3, -0.25) is 9.59 Å². The number of carboxylic acids is 2. The SMILES string of the molecule is CCCCC1C=CC(CCCC(=O)O)CC1C(=O)O. The van der Waals surface area contributed by atoms with E-state index in [4.69, 9.17) is 5.11 Å². The lowest BCUT2D eigenvalue weighted by Crippen LogP contribution is -2.28. The van der Waals surface area contributed by atoms with Crippen LogP contribution in [0.15, 0.2) is 12.2 Å². The molecule has 1 aliphatic carbocycles. The Morgan fingerprint density at radius 2 is 1.89 bits per heavy atom. The zero-order valence-electron chi connectivity index (χ0n) is 11.5.